The van der Waals surface area contributed by atoms with Gasteiger partial charge in [-0.25, -0.2) is 0 Å². The molecule has 0 bridgehead atoms. The summed E-state index contributed by atoms with van der Waals surface area (Å²) < 4.78 is 1.64. The lowest BCUT2D eigenvalue weighted by atomic mass is 10.1. The number of ketones is 1. The Hall–Kier alpha value is -3.41. The Balaban J connectivity index is 1.90. The van der Waals surface area contributed by atoms with E-state index in [1.807, 2.05) is 32.0 Å². The van der Waals surface area contributed by atoms with Crippen LogP contribution < -0.4 is 11.1 Å². The van der Waals surface area contributed by atoms with Gasteiger partial charge < -0.3 is 15.6 Å². The number of rotatable bonds is 5. The summed E-state index contributed by atoms with van der Waals surface area (Å²) >= 11 is 0. The molecule has 132 valence electrons. The normalized spacial score (nSPS) is 10.7. The van der Waals surface area contributed by atoms with Gasteiger partial charge in [-0.2, -0.15) is 0 Å². The van der Waals surface area contributed by atoms with Crippen molar-refractivity contribution in [2.75, 3.05) is 5.32 Å². The second-order valence-electron chi connectivity index (χ2n) is 6.25. The molecule has 1 aromatic heterocycles. The van der Waals surface area contributed by atoms with Gasteiger partial charge in [-0.15, -0.1) is 0 Å². The first-order chi connectivity index (χ1) is 12.4. The van der Waals surface area contributed by atoms with Crippen LogP contribution in [0.4, 0.5) is 5.69 Å². The standard InChI is InChI=1S/C20H19N3O3/c1-12-7-8-16(13(2)9-12)22-18(24)11-23-10-15(19(25)20(21)26)14-5-3-4-6-17(14)23/h3-10H,11H2,1-2H3,(H2,21,26)(H,22,24). The van der Waals surface area contributed by atoms with Crippen LogP contribution in [0.25, 0.3) is 10.9 Å². The van der Waals surface area contributed by atoms with E-state index in [1.54, 1.807) is 28.8 Å². The molecule has 0 saturated carbocycles. The molecule has 3 N–H and O–H groups in total. The van der Waals surface area contributed by atoms with Crippen molar-refractivity contribution in [2.45, 2.75) is 20.4 Å². The van der Waals surface area contributed by atoms with Crippen molar-refractivity contribution in [3.05, 3.63) is 65.4 Å². The predicted octanol–water partition coefficient (Wildman–Crippen LogP) is 2.56. The zero-order chi connectivity index (χ0) is 18.8. The molecule has 0 atom stereocenters. The summed E-state index contributed by atoms with van der Waals surface area (Å²) in [6.45, 7) is 3.93. The second kappa shape index (κ2) is 6.84. The van der Waals surface area contributed by atoms with E-state index in [0.29, 0.717) is 10.9 Å². The van der Waals surface area contributed by atoms with Crippen molar-refractivity contribution in [3.63, 3.8) is 0 Å². The molecular formula is C20H19N3O3. The molecule has 2 aromatic carbocycles. The van der Waals surface area contributed by atoms with Gasteiger partial charge in [0.1, 0.15) is 6.54 Å². The number of aromatic nitrogens is 1. The first kappa shape index (κ1) is 17.4. The van der Waals surface area contributed by atoms with Gasteiger partial charge in [0, 0.05) is 22.8 Å². The lowest BCUT2D eigenvalue weighted by Crippen LogP contribution is -2.23. The zero-order valence-corrected chi connectivity index (χ0v) is 14.6. The van der Waals surface area contributed by atoms with Gasteiger partial charge in [-0.3, -0.25) is 14.4 Å². The lowest BCUT2D eigenvalue weighted by molar-refractivity contribution is -0.116. The number of aryl methyl sites for hydroxylation is 2. The van der Waals surface area contributed by atoms with Crippen molar-refractivity contribution in [3.8, 4) is 0 Å². The molecule has 0 fully saturated rings. The Kier molecular flexibility index (Phi) is 4.58. The molecule has 1 heterocycles. The second-order valence-corrected chi connectivity index (χ2v) is 6.25. The minimum atomic E-state index is -1.02. The highest BCUT2D eigenvalue weighted by Gasteiger charge is 2.20. The van der Waals surface area contributed by atoms with Crippen LogP contribution in [0.5, 0.6) is 0 Å². The smallest absolute Gasteiger partial charge is 0.289 e. The maximum Gasteiger partial charge on any atom is 0.289 e. The average molecular weight is 349 g/mol. The molecule has 0 spiro atoms. The number of carbonyl (C=O) groups is 3. The van der Waals surface area contributed by atoms with Crippen molar-refractivity contribution < 1.29 is 14.4 Å². The van der Waals surface area contributed by atoms with Crippen LogP contribution in [-0.4, -0.2) is 22.2 Å². The summed E-state index contributed by atoms with van der Waals surface area (Å²) in [5.41, 5.74) is 8.84. The quantitative estimate of drug-likeness (QED) is 0.547. The van der Waals surface area contributed by atoms with Crippen LogP contribution in [0.15, 0.2) is 48.7 Å². The minimum Gasteiger partial charge on any atom is -0.363 e. The summed E-state index contributed by atoms with van der Waals surface area (Å²) in [5, 5.41) is 3.47. The molecule has 0 radical (unpaired) electrons. The van der Waals surface area contributed by atoms with E-state index in [2.05, 4.69) is 5.32 Å². The number of benzene rings is 2. The van der Waals surface area contributed by atoms with Crippen LogP contribution in [0.2, 0.25) is 0 Å². The van der Waals surface area contributed by atoms with Gasteiger partial charge in [0.25, 0.3) is 11.7 Å². The van der Waals surface area contributed by atoms with Crippen LogP contribution in [-0.2, 0) is 16.1 Å². The number of nitrogens with zero attached hydrogens (tertiary/aromatic N) is 1. The molecule has 0 aliphatic heterocycles. The molecule has 6 nitrogen and oxygen atoms in total. The van der Waals surface area contributed by atoms with Crippen molar-refractivity contribution in [2.24, 2.45) is 5.73 Å². The average Bonchev–Trinajstić information content (AvgIpc) is 2.95. The number of primary amides is 1. The Morgan fingerprint density at radius 3 is 2.50 bits per heavy atom. The molecular weight excluding hydrogens is 330 g/mol. The van der Waals surface area contributed by atoms with Crippen LogP contribution in [0.3, 0.4) is 0 Å². The number of fused-ring (bicyclic) bond motifs is 1. The highest BCUT2D eigenvalue weighted by Crippen LogP contribution is 2.22. The first-order valence-corrected chi connectivity index (χ1v) is 8.16. The summed E-state index contributed by atoms with van der Waals surface area (Å²) in [4.78, 5) is 35.8. The third-order valence-electron chi connectivity index (χ3n) is 4.23. The van der Waals surface area contributed by atoms with Crippen molar-refractivity contribution in [1.82, 2.24) is 4.57 Å². The Bertz CT molecular complexity index is 1030. The zero-order valence-electron chi connectivity index (χ0n) is 14.6. The van der Waals surface area contributed by atoms with E-state index in [1.165, 1.54) is 6.20 Å². The number of carbonyl (C=O) groups excluding carboxylic acids is 3. The highest BCUT2D eigenvalue weighted by molar-refractivity contribution is 6.44. The molecule has 26 heavy (non-hydrogen) atoms. The summed E-state index contributed by atoms with van der Waals surface area (Å²) in [6, 6.07) is 12.9. The van der Waals surface area contributed by atoms with Gasteiger partial charge in [-0.1, -0.05) is 35.9 Å². The Morgan fingerprint density at radius 1 is 1.08 bits per heavy atom. The molecule has 3 aromatic rings. The SMILES string of the molecule is Cc1ccc(NC(=O)Cn2cc(C(=O)C(N)=O)c3ccccc32)c(C)c1. The molecule has 0 saturated heterocycles. The summed E-state index contributed by atoms with van der Waals surface area (Å²) in [7, 11) is 0. The van der Waals surface area contributed by atoms with Crippen LogP contribution in [0, 0.1) is 13.8 Å². The third kappa shape index (κ3) is 3.35. The number of amides is 2. The number of anilines is 1. The molecule has 0 unspecified atom stereocenters. The molecule has 2 amide bonds. The van der Waals surface area contributed by atoms with E-state index in [0.717, 1.165) is 16.8 Å². The topological polar surface area (TPSA) is 94.2 Å². The van der Waals surface area contributed by atoms with Gasteiger partial charge in [0.15, 0.2) is 0 Å². The van der Waals surface area contributed by atoms with Crippen molar-refractivity contribution >= 4 is 34.2 Å². The van der Waals surface area contributed by atoms with Crippen molar-refractivity contribution in [1.29, 1.82) is 0 Å². The monoisotopic (exact) mass is 349 g/mol. The molecule has 0 aliphatic carbocycles. The number of Topliss-reactive ketones (excluding diaryl/α,β-unsaturated/α-hetero) is 1. The number of nitrogens with two attached hydrogens (primary N) is 1. The van der Waals surface area contributed by atoms with Crippen LogP contribution >= 0.6 is 0 Å². The molecule has 6 heteroatoms. The number of para-hydroxylation sites is 1. The van der Waals surface area contributed by atoms with E-state index < -0.39 is 11.7 Å². The number of hydrogen-bond acceptors (Lipinski definition) is 3. The summed E-state index contributed by atoms with van der Waals surface area (Å²) in [5.74, 6) is -2.02. The van der Waals surface area contributed by atoms with E-state index in [4.69, 9.17) is 5.73 Å². The third-order valence-corrected chi connectivity index (χ3v) is 4.23. The van der Waals surface area contributed by atoms with Crippen LogP contribution in [0.1, 0.15) is 21.5 Å². The lowest BCUT2D eigenvalue weighted by Gasteiger charge is -2.10. The number of hydrogen-bond donors (Lipinski definition) is 2. The first-order valence-electron chi connectivity index (χ1n) is 8.16. The van der Waals surface area contributed by atoms with E-state index in [9.17, 15) is 14.4 Å². The molecule has 3 rings (SSSR count). The molecule has 0 aliphatic rings. The Morgan fingerprint density at radius 2 is 1.81 bits per heavy atom. The minimum absolute atomic E-state index is 0.0138. The maximum atomic E-state index is 12.5. The maximum absolute atomic E-state index is 12.5. The van der Waals surface area contributed by atoms with E-state index >= 15 is 0 Å². The highest BCUT2D eigenvalue weighted by atomic mass is 16.2. The largest absolute Gasteiger partial charge is 0.363 e. The van der Waals surface area contributed by atoms with Gasteiger partial charge in [-0.05, 0) is 31.5 Å². The predicted molar refractivity (Wildman–Crippen MR) is 100 cm³/mol. The van der Waals surface area contributed by atoms with Gasteiger partial charge in [0.2, 0.25) is 5.91 Å². The van der Waals surface area contributed by atoms with Gasteiger partial charge in [0.05, 0.1) is 5.56 Å². The fraction of sp³-hybridized carbons (Fsp3) is 0.150. The Labute approximate surface area is 150 Å². The summed E-state index contributed by atoms with van der Waals surface area (Å²) in [6.07, 6.45) is 1.50. The number of nitrogens with one attached hydrogen (secondary N) is 1. The fourth-order valence-corrected chi connectivity index (χ4v) is 2.99. The van der Waals surface area contributed by atoms with E-state index in [-0.39, 0.29) is 18.0 Å². The fourth-order valence-electron chi connectivity index (χ4n) is 2.99. The van der Waals surface area contributed by atoms with Gasteiger partial charge >= 0.3 is 0 Å².